The molecule has 0 bridgehead atoms. The van der Waals surface area contributed by atoms with Crippen molar-refractivity contribution in [2.75, 3.05) is 0 Å². The van der Waals surface area contributed by atoms with Gasteiger partial charge in [-0.25, -0.2) is 0 Å². The summed E-state index contributed by atoms with van der Waals surface area (Å²) in [5.74, 6) is -0.181. The van der Waals surface area contributed by atoms with E-state index < -0.39 is 0 Å². The van der Waals surface area contributed by atoms with Gasteiger partial charge in [-0.15, -0.1) is 0 Å². The average molecular weight is 146 g/mol. The number of rotatable bonds is 1. The Morgan fingerprint density at radius 1 is 1.44 bits per heavy atom. The van der Waals surface area contributed by atoms with E-state index in [9.17, 15) is 4.79 Å². The number of hydrogen-bond acceptors (Lipinski definition) is 3. The summed E-state index contributed by atoms with van der Waals surface area (Å²) in [7, 11) is 0. The lowest BCUT2D eigenvalue weighted by atomic mass is 10.5. The van der Waals surface area contributed by atoms with E-state index in [1.807, 2.05) is 0 Å². The molecule has 0 spiro atoms. The van der Waals surface area contributed by atoms with Crippen LogP contribution in [0.2, 0.25) is 0 Å². The van der Waals surface area contributed by atoms with Gasteiger partial charge in [-0.2, -0.15) is 9.52 Å². The molecule has 0 fully saturated rings. The molecule has 0 saturated carbocycles. The molecule has 0 rings (SSSR count). The van der Waals surface area contributed by atoms with Gasteiger partial charge in [-0.05, 0) is 26.7 Å². The van der Waals surface area contributed by atoms with E-state index in [0.29, 0.717) is 0 Å². The molecule has 52 valence electrons. The first-order valence-electron chi connectivity index (χ1n) is 2.55. The summed E-state index contributed by atoms with van der Waals surface area (Å²) in [6.45, 7) is 5.00. The lowest BCUT2D eigenvalue weighted by molar-refractivity contribution is -0.123. The maximum absolute atomic E-state index is 10.4. The maximum atomic E-state index is 10.4. The standard InChI is InChI=1S/C5H10N2OS/c1-4(2)6-7(9)5(3)8/h9H,1-3H3. The van der Waals surface area contributed by atoms with Crippen molar-refractivity contribution in [3.05, 3.63) is 0 Å². The molecule has 0 saturated heterocycles. The van der Waals surface area contributed by atoms with Gasteiger partial charge in [0.1, 0.15) is 0 Å². The zero-order valence-corrected chi connectivity index (χ0v) is 6.64. The molecule has 4 heteroatoms. The normalized spacial score (nSPS) is 8.44. The Hall–Kier alpha value is -0.510. The lowest BCUT2D eigenvalue weighted by Crippen LogP contribution is -2.12. The second-order valence-electron chi connectivity index (χ2n) is 1.86. The quantitative estimate of drug-likeness (QED) is 0.335. The minimum Gasteiger partial charge on any atom is -0.272 e. The topological polar surface area (TPSA) is 32.7 Å². The van der Waals surface area contributed by atoms with Crippen LogP contribution in [0.15, 0.2) is 5.10 Å². The number of carbonyl (C=O) groups excluding carboxylic acids is 1. The lowest BCUT2D eigenvalue weighted by Gasteiger charge is -2.04. The van der Waals surface area contributed by atoms with Crippen LogP contribution in [0.4, 0.5) is 0 Å². The van der Waals surface area contributed by atoms with E-state index in [-0.39, 0.29) is 5.91 Å². The summed E-state index contributed by atoms with van der Waals surface area (Å²) in [4.78, 5) is 10.4. The molecule has 0 N–H and O–H groups in total. The highest BCUT2D eigenvalue weighted by Gasteiger charge is 1.97. The molecule has 0 heterocycles. The van der Waals surface area contributed by atoms with Crippen LogP contribution < -0.4 is 0 Å². The van der Waals surface area contributed by atoms with Gasteiger partial charge in [0, 0.05) is 12.6 Å². The predicted octanol–water partition coefficient (Wildman–Crippen LogP) is 1.08. The third-order valence-electron chi connectivity index (χ3n) is 0.576. The van der Waals surface area contributed by atoms with Crippen molar-refractivity contribution >= 4 is 24.4 Å². The summed E-state index contributed by atoms with van der Waals surface area (Å²) >= 11 is 3.76. The zero-order valence-electron chi connectivity index (χ0n) is 5.75. The Morgan fingerprint density at radius 3 is 2.00 bits per heavy atom. The van der Waals surface area contributed by atoms with E-state index >= 15 is 0 Å². The van der Waals surface area contributed by atoms with Crippen LogP contribution in [0.25, 0.3) is 0 Å². The van der Waals surface area contributed by atoms with E-state index in [4.69, 9.17) is 0 Å². The highest BCUT2D eigenvalue weighted by atomic mass is 32.1. The van der Waals surface area contributed by atoms with E-state index in [1.54, 1.807) is 13.8 Å². The Kier molecular flexibility index (Phi) is 3.30. The number of nitrogens with zero attached hydrogens (tertiary/aromatic N) is 2. The first kappa shape index (κ1) is 8.49. The maximum Gasteiger partial charge on any atom is 0.249 e. The summed E-state index contributed by atoms with van der Waals surface area (Å²) in [5.41, 5.74) is 0.806. The predicted molar refractivity (Wildman–Crippen MR) is 40.3 cm³/mol. The van der Waals surface area contributed by atoms with Gasteiger partial charge < -0.3 is 0 Å². The smallest absolute Gasteiger partial charge is 0.249 e. The summed E-state index contributed by atoms with van der Waals surface area (Å²) in [6, 6.07) is 0. The molecule has 0 unspecified atom stereocenters. The van der Waals surface area contributed by atoms with Gasteiger partial charge in [0.15, 0.2) is 0 Å². The van der Waals surface area contributed by atoms with Crippen molar-refractivity contribution in [3.63, 3.8) is 0 Å². The molecule has 0 aromatic rings. The first-order chi connectivity index (χ1) is 4.04. The molecule has 0 aliphatic carbocycles. The fraction of sp³-hybridized carbons (Fsp3) is 0.600. The third kappa shape index (κ3) is 4.02. The van der Waals surface area contributed by atoms with Crippen molar-refractivity contribution in [1.29, 1.82) is 0 Å². The van der Waals surface area contributed by atoms with Crippen LogP contribution in [0.1, 0.15) is 20.8 Å². The zero-order chi connectivity index (χ0) is 7.44. The molecular formula is C5H10N2OS. The first-order valence-corrected chi connectivity index (χ1v) is 2.95. The second-order valence-corrected chi connectivity index (χ2v) is 2.23. The highest BCUT2D eigenvalue weighted by Crippen LogP contribution is 1.94. The van der Waals surface area contributed by atoms with Gasteiger partial charge in [0.05, 0.1) is 0 Å². The minimum absolute atomic E-state index is 0.181. The van der Waals surface area contributed by atoms with Gasteiger partial charge in [0.2, 0.25) is 5.91 Å². The largest absolute Gasteiger partial charge is 0.272 e. The highest BCUT2D eigenvalue weighted by molar-refractivity contribution is 7.78. The average Bonchev–Trinajstić information content (AvgIpc) is 1.63. The van der Waals surface area contributed by atoms with Crippen molar-refractivity contribution in [1.82, 2.24) is 4.41 Å². The van der Waals surface area contributed by atoms with Crippen LogP contribution in [0.5, 0.6) is 0 Å². The SMILES string of the molecule is CC(=O)N(S)N=C(C)C. The van der Waals surface area contributed by atoms with E-state index in [2.05, 4.69) is 17.9 Å². The van der Waals surface area contributed by atoms with Gasteiger partial charge in [-0.1, -0.05) is 0 Å². The number of amides is 1. The van der Waals surface area contributed by atoms with Crippen LogP contribution in [0.3, 0.4) is 0 Å². The number of hydrazone groups is 1. The van der Waals surface area contributed by atoms with Crippen LogP contribution in [-0.2, 0) is 4.79 Å². The molecule has 0 atom stereocenters. The summed E-state index contributed by atoms with van der Waals surface area (Å²) < 4.78 is 1.01. The molecule has 0 aliphatic rings. The number of carbonyl (C=O) groups is 1. The van der Waals surface area contributed by atoms with Crippen molar-refractivity contribution < 1.29 is 4.79 Å². The summed E-state index contributed by atoms with van der Waals surface area (Å²) in [6.07, 6.45) is 0. The van der Waals surface area contributed by atoms with Crippen molar-refractivity contribution in [3.8, 4) is 0 Å². The number of hydrogen-bond donors (Lipinski definition) is 1. The molecule has 0 radical (unpaired) electrons. The number of thiol groups is 1. The Labute approximate surface area is 60.3 Å². The van der Waals surface area contributed by atoms with Crippen molar-refractivity contribution in [2.24, 2.45) is 5.10 Å². The monoisotopic (exact) mass is 146 g/mol. The van der Waals surface area contributed by atoms with Crippen LogP contribution in [0, 0.1) is 0 Å². The van der Waals surface area contributed by atoms with Gasteiger partial charge in [0.25, 0.3) is 0 Å². The second kappa shape index (κ2) is 3.50. The Bertz CT molecular complexity index is 140. The van der Waals surface area contributed by atoms with Crippen LogP contribution >= 0.6 is 12.8 Å². The van der Waals surface area contributed by atoms with Gasteiger partial charge in [-0.3, -0.25) is 4.79 Å². The van der Waals surface area contributed by atoms with Crippen LogP contribution in [-0.4, -0.2) is 16.0 Å². The molecule has 0 aliphatic heterocycles. The summed E-state index contributed by atoms with van der Waals surface area (Å²) in [5, 5.41) is 3.74. The Balaban J connectivity index is 3.91. The Morgan fingerprint density at radius 2 is 1.89 bits per heavy atom. The molecular weight excluding hydrogens is 136 g/mol. The molecule has 0 aromatic heterocycles. The fourth-order valence-electron chi connectivity index (χ4n) is 0.260. The van der Waals surface area contributed by atoms with E-state index in [0.717, 1.165) is 10.1 Å². The molecule has 3 nitrogen and oxygen atoms in total. The van der Waals surface area contributed by atoms with E-state index in [1.165, 1.54) is 6.92 Å². The molecule has 9 heavy (non-hydrogen) atoms. The van der Waals surface area contributed by atoms with Gasteiger partial charge >= 0.3 is 0 Å². The molecule has 0 aromatic carbocycles. The fourth-order valence-corrected chi connectivity index (χ4v) is 0.439. The third-order valence-corrected chi connectivity index (χ3v) is 0.947. The minimum atomic E-state index is -0.181. The van der Waals surface area contributed by atoms with Crippen molar-refractivity contribution in [2.45, 2.75) is 20.8 Å². The molecule has 1 amide bonds.